The first kappa shape index (κ1) is 15.6. The van der Waals surface area contributed by atoms with Crippen LogP contribution in [0.25, 0.3) is 0 Å². The van der Waals surface area contributed by atoms with Gasteiger partial charge in [0.05, 0.1) is 17.1 Å². The lowest BCUT2D eigenvalue weighted by molar-refractivity contribution is 0.0696. The molecule has 0 fully saturated rings. The highest BCUT2D eigenvalue weighted by Crippen LogP contribution is 2.13. The lowest BCUT2D eigenvalue weighted by Crippen LogP contribution is -2.41. The van der Waals surface area contributed by atoms with Gasteiger partial charge in [0.2, 0.25) is 10.0 Å². The van der Waals surface area contributed by atoms with Crippen molar-refractivity contribution in [2.24, 2.45) is 5.92 Å². The molecule has 1 atom stereocenters. The zero-order valence-electron chi connectivity index (χ0n) is 10.7. The van der Waals surface area contributed by atoms with Crippen molar-refractivity contribution >= 4 is 16.0 Å². The van der Waals surface area contributed by atoms with Gasteiger partial charge < -0.3 is 10.2 Å². The third-order valence-corrected chi connectivity index (χ3v) is 4.23. The molecule has 0 saturated carbocycles. The van der Waals surface area contributed by atoms with Crippen molar-refractivity contribution in [3.05, 3.63) is 29.8 Å². The van der Waals surface area contributed by atoms with Gasteiger partial charge in [-0.15, -0.1) is 0 Å². The van der Waals surface area contributed by atoms with E-state index in [-0.39, 0.29) is 23.0 Å². The standard InChI is InChI=1S/C12H17NO5S/c1-8(2)11(7-14)13-19(17,18)10-5-3-9(4-6-10)12(15)16/h3-6,8,11,13-14H,7H2,1-2H3,(H,15,16). The van der Waals surface area contributed by atoms with Crippen molar-refractivity contribution in [2.75, 3.05) is 6.61 Å². The monoisotopic (exact) mass is 287 g/mol. The van der Waals surface area contributed by atoms with Crippen molar-refractivity contribution in [1.82, 2.24) is 4.72 Å². The van der Waals surface area contributed by atoms with Crippen LogP contribution in [0.1, 0.15) is 24.2 Å². The molecule has 106 valence electrons. The molecule has 19 heavy (non-hydrogen) atoms. The summed E-state index contributed by atoms with van der Waals surface area (Å²) >= 11 is 0. The van der Waals surface area contributed by atoms with E-state index in [0.717, 1.165) is 0 Å². The molecule has 0 saturated heterocycles. The number of aliphatic hydroxyl groups excluding tert-OH is 1. The molecule has 1 unspecified atom stereocenters. The van der Waals surface area contributed by atoms with E-state index in [1.54, 1.807) is 13.8 Å². The molecule has 0 aromatic heterocycles. The molecule has 0 spiro atoms. The molecule has 1 aromatic carbocycles. The number of carboxylic acids is 1. The minimum atomic E-state index is -3.76. The SMILES string of the molecule is CC(C)C(CO)NS(=O)(=O)c1ccc(C(=O)O)cc1. The van der Waals surface area contributed by atoms with E-state index < -0.39 is 22.0 Å². The Kier molecular flexibility index (Phi) is 5.04. The Morgan fingerprint density at radius 2 is 1.79 bits per heavy atom. The highest BCUT2D eigenvalue weighted by atomic mass is 32.2. The van der Waals surface area contributed by atoms with Crippen molar-refractivity contribution in [2.45, 2.75) is 24.8 Å². The summed E-state index contributed by atoms with van der Waals surface area (Å²) in [6, 6.07) is 4.31. The summed E-state index contributed by atoms with van der Waals surface area (Å²) in [5.74, 6) is -1.18. The zero-order chi connectivity index (χ0) is 14.6. The third-order valence-electron chi connectivity index (χ3n) is 2.72. The van der Waals surface area contributed by atoms with Gasteiger partial charge >= 0.3 is 5.97 Å². The first-order valence-electron chi connectivity index (χ1n) is 5.74. The Labute approximate surface area is 112 Å². The normalized spacial score (nSPS) is 13.5. The predicted molar refractivity (Wildman–Crippen MR) is 69.4 cm³/mol. The fourth-order valence-electron chi connectivity index (χ4n) is 1.43. The van der Waals surface area contributed by atoms with E-state index in [9.17, 15) is 13.2 Å². The van der Waals surface area contributed by atoms with Gasteiger partial charge in [-0.1, -0.05) is 13.8 Å². The predicted octanol–water partition coefficient (Wildman–Crippen LogP) is 0.680. The topological polar surface area (TPSA) is 104 Å². The number of aliphatic hydroxyl groups is 1. The summed E-state index contributed by atoms with van der Waals surface area (Å²) in [4.78, 5) is 10.6. The minimum absolute atomic E-state index is 0.0153. The van der Waals surface area contributed by atoms with E-state index in [2.05, 4.69) is 4.72 Å². The van der Waals surface area contributed by atoms with Crippen LogP contribution in [0.4, 0.5) is 0 Å². The van der Waals surface area contributed by atoms with Crippen LogP contribution in [0.15, 0.2) is 29.2 Å². The minimum Gasteiger partial charge on any atom is -0.478 e. The van der Waals surface area contributed by atoms with Gasteiger partial charge in [-0.25, -0.2) is 17.9 Å². The van der Waals surface area contributed by atoms with Crippen molar-refractivity contribution in [3.63, 3.8) is 0 Å². The van der Waals surface area contributed by atoms with E-state index in [0.29, 0.717) is 0 Å². The molecule has 7 heteroatoms. The van der Waals surface area contributed by atoms with Crippen LogP contribution < -0.4 is 4.72 Å². The summed E-state index contributed by atoms with van der Waals surface area (Å²) in [5, 5.41) is 17.9. The Bertz CT molecular complexity index is 536. The Morgan fingerprint density at radius 3 is 2.16 bits per heavy atom. The molecule has 0 amide bonds. The molecular weight excluding hydrogens is 270 g/mol. The van der Waals surface area contributed by atoms with Crippen LogP contribution in [0.2, 0.25) is 0 Å². The molecule has 0 aliphatic heterocycles. The average Bonchev–Trinajstić information content (AvgIpc) is 2.35. The molecule has 0 bridgehead atoms. The number of hydrogen-bond donors (Lipinski definition) is 3. The number of nitrogens with one attached hydrogen (secondary N) is 1. The lowest BCUT2D eigenvalue weighted by Gasteiger charge is -2.19. The number of carbonyl (C=O) groups is 1. The van der Waals surface area contributed by atoms with Crippen LogP contribution in [0.5, 0.6) is 0 Å². The average molecular weight is 287 g/mol. The van der Waals surface area contributed by atoms with Crippen LogP contribution in [0.3, 0.4) is 0 Å². The molecule has 1 aromatic rings. The van der Waals surface area contributed by atoms with E-state index in [1.165, 1.54) is 24.3 Å². The van der Waals surface area contributed by atoms with Crippen LogP contribution >= 0.6 is 0 Å². The Morgan fingerprint density at radius 1 is 1.26 bits per heavy atom. The highest BCUT2D eigenvalue weighted by molar-refractivity contribution is 7.89. The first-order valence-corrected chi connectivity index (χ1v) is 7.23. The summed E-state index contributed by atoms with van der Waals surface area (Å²) in [6.07, 6.45) is 0. The van der Waals surface area contributed by atoms with Gasteiger partial charge in [-0.3, -0.25) is 0 Å². The number of aromatic carboxylic acids is 1. The van der Waals surface area contributed by atoms with Gasteiger partial charge in [0.25, 0.3) is 0 Å². The molecule has 0 heterocycles. The maximum absolute atomic E-state index is 12.0. The summed E-state index contributed by atoms with van der Waals surface area (Å²) in [7, 11) is -3.76. The second-order valence-corrected chi connectivity index (χ2v) is 6.20. The molecule has 0 aliphatic carbocycles. The molecule has 3 N–H and O–H groups in total. The first-order chi connectivity index (χ1) is 8.77. The molecule has 0 aliphatic rings. The number of hydrogen-bond acceptors (Lipinski definition) is 4. The van der Waals surface area contributed by atoms with Gasteiger partial charge in [0, 0.05) is 6.04 Å². The number of benzene rings is 1. The molecular formula is C12H17NO5S. The smallest absolute Gasteiger partial charge is 0.335 e. The summed E-state index contributed by atoms with van der Waals surface area (Å²) in [6.45, 7) is 3.28. The largest absolute Gasteiger partial charge is 0.478 e. The maximum Gasteiger partial charge on any atom is 0.335 e. The second-order valence-electron chi connectivity index (χ2n) is 4.48. The molecule has 0 radical (unpaired) electrons. The fraction of sp³-hybridized carbons (Fsp3) is 0.417. The van der Waals surface area contributed by atoms with E-state index in [4.69, 9.17) is 10.2 Å². The number of rotatable bonds is 6. The van der Waals surface area contributed by atoms with Crippen LogP contribution in [-0.4, -0.2) is 37.2 Å². The third kappa shape index (κ3) is 4.02. The van der Waals surface area contributed by atoms with Crippen LogP contribution in [0, 0.1) is 5.92 Å². The second kappa shape index (κ2) is 6.14. The van der Waals surface area contributed by atoms with Crippen molar-refractivity contribution in [1.29, 1.82) is 0 Å². The van der Waals surface area contributed by atoms with Crippen LogP contribution in [-0.2, 0) is 10.0 Å². The molecule has 1 rings (SSSR count). The quantitative estimate of drug-likeness (QED) is 0.714. The fourth-order valence-corrected chi connectivity index (χ4v) is 2.80. The maximum atomic E-state index is 12.0. The van der Waals surface area contributed by atoms with Gasteiger partial charge in [-0.2, -0.15) is 0 Å². The Hall–Kier alpha value is -1.44. The van der Waals surface area contributed by atoms with Crippen molar-refractivity contribution < 1.29 is 23.4 Å². The number of sulfonamides is 1. The zero-order valence-corrected chi connectivity index (χ0v) is 11.5. The Balaban J connectivity index is 2.97. The highest BCUT2D eigenvalue weighted by Gasteiger charge is 2.22. The van der Waals surface area contributed by atoms with E-state index >= 15 is 0 Å². The summed E-state index contributed by atoms with van der Waals surface area (Å²) < 4.78 is 26.4. The van der Waals surface area contributed by atoms with Gasteiger partial charge in [-0.05, 0) is 30.2 Å². The van der Waals surface area contributed by atoms with Gasteiger partial charge in [0.15, 0.2) is 0 Å². The molecule has 6 nitrogen and oxygen atoms in total. The van der Waals surface area contributed by atoms with Gasteiger partial charge in [0.1, 0.15) is 0 Å². The lowest BCUT2D eigenvalue weighted by atomic mass is 10.1. The van der Waals surface area contributed by atoms with Crippen molar-refractivity contribution in [3.8, 4) is 0 Å². The number of carboxylic acid groups (broad SMARTS) is 1. The summed E-state index contributed by atoms with van der Waals surface area (Å²) in [5.41, 5.74) is 0.0153. The van der Waals surface area contributed by atoms with E-state index in [1.807, 2.05) is 0 Å².